The summed E-state index contributed by atoms with van der Waals surface area (Å²) in [6, 6.07) is -0.217. The zero-order chi connectivity index (χ0) is 9.52. The Morgan fingerprint density at radius 3 is 3.15 bits per heavy atom. The second-order valence-electron chi connectivity index (χ2n) is 2.48. The Hall–Kier alpha value is -1.17. The van der Waals surface area contributed by atoms with Crippen molar-refractivity contribution in [2.45, 2.75) is 19.8 Å². The Morgan fingerprint density at radius 2 is 2.54 bits per heavy atom. The van der Waals surface area contributed by atoms with Gasteiger partial charge in [0.15, 0.2) is 0 Å². The highest BCUT2D eigenvalue weighted by Crippen LogP contribution is 2.06. The molecule has 0 spiro atoms. The minimum atomic E-state index is -0.217. The number of hydrogen-bond donors (Lipinski definition) is 2. The highest BCUT2D eigenvalue weighted by atomic mass is 32.1. The minimum absolute atomic E-state index is 0.217. The number of carbonyl (C=O) groups is 1. The van der Waals surface area contributed by atoms with Crippen molar-refractivity contribution in [3.8, 4) is 0 Å². The van der Waals surface area contributed by atoms with Crippen LogP contribution in [0.15, 0.2) is 5.51 Å². The van der Waals surface area contributed by atoms with Gasteiger partial charge in [-0.2, -0.15) is 0 Å². The van der Waals surface area contributed by atoms with E-state index in [0.29, 0.717) is 11.7 Å². The third kappa shape index (κ3) is 3.84. The highest BCUT2D eigenvalue weighted by Gasteiger charge is 2.01. The van der Waals surface area contributed by atoms with Crippen LogP contribution in [0.3, 0.4) is 0 Å². The number of anilines is 1. The number of urea groups is 1. The predicted octanol–water partition coefficient (Wildman–Crippen LogP) is 1.46. The molecule has 0 unspecified atom stereocenters. The number of unbranched alkanes of at least 4 members (excludes halogenated alkanes) is 1. The van der Waals surface area contributed by atoms with Crippen LogP contribution < -0.4 is 10.6 Å². The molecule has 0 saturated carbocycles. The fourth-order valence-electron chi connectivity index (χ4n) is 0.748. The van der Waals surface area contributed by atoms with E-state index in [9.17, 15) is 4.79 Å². The van der Waals surface area contributed by atoms with Crippen molar-refractivity contribution >= 4 is 22.5 Å². The molecule has 6 heteroatoms. The molecule has 1 aromatic rings. The molecule has 13 heavy (non-hydrogen) atoms. The normalized spacial score (nSPS) is 9.62. The van der Waals surface area contributed by atoms with Crippen LogP contribution in [0.2, 0.25) is 0 Å². The van der Waals surface area contributed by atoms with Gasteiger partial charge in [-0.3, -0.25) is 5.32 Å². The smallest absolute Gasteiger partial charge is 0.321 e. The van der Waals surface area contributed by atoms with Gasteiger partial charge in [-0.15, -0.1) is 10.2 Å². The number of carbonyl (C=O) groups excluding carboxylic acids is 1. The Bertz CT molecular complexity index is 249. The van der Waals surface area contributed by atoms with Gasteiger partial charge in [0.1, 0.15) is 5.51 Å². The molecule has 0 aliphatic heterocycles. The summed E-state index contributed by atoms with van der Waals surface area (Å²) in [5.74, 6) is 0. The Balaban J connectivity index is 2.18. The van der Waals surface area contributed by atoms with Crippen molar-refractivity contribution in [3.63, 3.8) is 0 Å². The molecular formula is C7H12N4OS. The number of amides is 2. The van der Waals surface area contributed by atoms with Crippen LogP contribution in [-0.2, 0) is 0 Å². The van der Waals surface area contributed by atoms with Crippen LogP contribution in [0, 0.1) is 0 Å². The minimum Gasteiger partial charge on any atom is -0.338 e. The average Bonchev–Trinajstić information content (AvgIpc) is 2.57. The number of rotatable bonds is 4. The van der Waals surface area contributed by atoms with Gasteiger partial charge in [0.25, 0.3) is 0 Å². The van der Waals surface area contributed by atoms with Crippen LogP contribution in [0.5, 0.6) is 0 Å². The van der Waals surface area contributed by atoms with Gasteiger partial charge in [-0.05, 0) is 6.42 Å². The lowest BCUT2D eigenvalue weighted by Crippen LogP contribution is -2.29. The molecule has 0 aliphatic rings. The van der Waals surface area contributed by atoms with Gasteiger partial charge in [-0.25, -0.2) is 4.79 Å². The lowest BCUT2D eigenvalue weighted by molar-refractivity contribution is 0.252. The van der Waals surface area contributed by atoms with E-state index in [0.717, 1.165) is 12.8 Å². The second kappa shape index (κ2) is 5.47. The largest absolute Gasteiger partial charge is 0.338 e. The van der Waals surface area contributed by atoms with Crippen molar-refractivity contribution in [1.82, 2.24) is 15.5 Å². The second-order valence-corrected chi connectivity index (χ2v) is 3.31. The maximum atomic E-state index is 11.1. The molecule has 72 valence electrons. The number of hydrogen-bond acceptors (Lipinski definition) is 4. The molecule has 0 aliphatic carbocycles. The van der Waals surface area contributed by atoms with E-state index in [1.54, 1.807) is 5.51 Å². The molecule has 0 aromatic carbocycles. The van der Waals surface area contributed by atoms with E-state index in [2.05, 4.69) is 27.8 Å². The zero-order valence-electron chi connectivity index (χ0n) is 7.41. The van der Waals surface area contributed by atoms with Crippen LogP contribution in [0.25, 0.3) is 0 Å². The van der Waals surface area contributed by atoms with Gasteiger partial charge >= 0.3 is 6.03 Å². The first kappa shape index (κ1) is 9.91. The summed E-state index contributed by atoms with van der Waals surface area (Å²) in [5, 5.41) is 13.1. The molecule has 0 saturated heterocycles. The number of aromatic nitrogens is 2. The summed E-state index contributed by atoms with van der Waals surface area (Å²) in [4.78, 5) is 11.1. The van der Waals surface area contributed by atoms with E-state index in [4.69, 9.17) is 0 Å². The van der Waals surface area contributed by atoms with Gasteiger partial charge in [0.05, 0.1) is 0 Å². The van der Waals surface area contributed by atoms with Crippen molar-refractivity contribution < 1.29 is 4.79 Å². The fraction of sp³-hybridized carbons (Fsp3) is 0.571. The molecular weight excluding hydrogens is 188 g/mol. The monoisotopic (exact) mass is 200 g/mol. The molecule has 1 aromatic heterocycles. The van der Waals surface area contributed by atoms with Gasteiger partial charge < -0.3 is 5.32 Å². The molecule has 5 nitrogen and oxygen atoms in total. The first-order chi connectivity index (χ1) is 6.33. The van der Waals surface area contributed by atoms with Crippen molar-refractivity contribution in [1.29, 1.82) is 0 Å². The van der Waals surface area contributed by atoms with Crippen LogP contribution in [0.1, 0.15) is 19.8 Å². The summed E-state index contributed by atoms with van der Waals surface area (Å²) in [6.45, 7) is 2.77. The Morgan fingerprint density at radius 1 is 1.69 bits per heavy atom. The van der Waals surface area contributed by atoms with Crippen LogP contribution in [0.4, 0.5) is 9.93 Å². The molecule has 0 bridgehead atoms. The van der Waals surface area contributed by atoms with E-state index in [1.165, 1.54) is 11.3 Å². The topological polar surface area (TPSA) is 66.9 Å². The third-order valence-electron chi connectivity index (χ3n) is 1.40. The molecule has 1 heterocycles. The van der Waals surface area contributed by atoms with Crippen LogP contribution in [-0.4, -0.2) is 22.8 Å². The lowest BCUT2D eigenvalue weighted by atomic mass is 10.3. The highest BCUT2D eigenvalue weighted by molar-refractivity contribution is 7.13. The average molecular weight is 200 g/mol. The van der Waals surface area contributed by atoms with E-state index >= 15 is 0 Å². The lowest BCUT2D eigenvalue weighted by Gasteiger charge is -2.02. The molecule has 1 rings (SSSR count). The maximum absolute atomic E-state index is 11.1. The quantitative estimate of drug-likeness (QED) is 0.723. The molecule has 0 fully saturated rings. The molecule has 2 N–H and O–H groups in total. The number of nitrogens with one attached hydrogen (secondary N) is 2. The van der Waals surface area contributed by atoms with Gasteiger partial charge in [0, 0.05) is 6.54 Å². The summed E-state index contributed by atoms with van der Waals surface area (Å²) < 4.78 is 0. The zero-order valence-corrected chi connectivity index (χ0v) is 8.23. The predicted molar refractivity (Wildman–Crippen MR) is 51.8 cm³/mol. The van der Waals surface area contributed by atoms with E-state index in [1.807, 2.05) is 0 Å². The van der Waals surface area contributed by atoms with Gasteiger partial charge in [-0.1, -0.05) is 24.7 Å². The van der Waals surface area contributed by atoms with Crippen molar-refractivity contribution in [2.24, 2.45) is 0 Å². The van der Waals surface area contributed by atoms with Crippen molar-refractivity contribution in [2.75, 3.05) is 11.9 Å². The summed E-state index contributed by atoms with van der Waals surface area (Å²) >= 11 is 1.30. The van der Waals surface area contributed by atoms with Crippen LogP contribution >= 0.6 is 11.3 Å². The molecule has 2 amide bonds. The summed E-state index contributed by atoms with van der Waals surface area (Å²) in [6.07, 6.45) is 2.06. The third-order valence-corrected chi connectivity index (χ3v) is 2.00. The first-order valence-electron chi connectivity index (χ1n) is 4.14. The SMILES string of the molecule is CCCCNC(=O)Nc1nncs1. The summed E-state index contributed by atoms with van der Waals surface area (Å²) in [5.41, 5.74) is 1.57. The Labute approximate surface area is 80.6 Å². The maximum Gasteiger partial charge on any atom is 0.321 e. The Kier molecular flexibility index (Phi) is 4.17. The first-order valence-corrected chi connectivity index (χ1v) is 5.02. The fourth-order valence-corrected chi connectivity index (χ4v) is 1.19. The standard InChI is InChI=1S/C7H12N4OS/c1-2-3-4-8-6(12)10-7-11-9-5-13-7/h5H,2-4H2,1H3,(H2,8,10,11,12). The summed E-state index contributed by atoms with van der Waals surface area (Å²) in [7, 11) is 0. The van der Waals surface area contributed by atoms with Gasteiger partial charge in [0.2, 0.25) is 5.13 Å². The molecule has 0 radical (unpaired) electrons. The number of nitrogens with zero attached hydrogens (tertiary/aromatic N) is 2. The van der Waals surface area contributed by atoms with E-state index < -0.39 is 0 Å². The molecule has 0 atom stereocenters. The van der Waals surface area contributed by atoms with E-state index in [-0.39, 0.29) is 6.03 Å². The van der Waals surface area contributed by atoms with Crippen molar-refractivity contribution in [3.05, 3.63) is 5.51 Å².